The molecule has 11 nitrogen and oxygen atoms in total. The number of fused-ring (bicyclic) bond motifs is 1. The monoisotopic (exact) mass is 404 g/mol. The first-order valence-electron chi connectivity index (χ1n) is 8.60. The molecule has 3 aromatic carbocycles. The van der Waals surface area contributed by atoms with Crippen molar-refractivity contribution in [2.75, 3.05) is 5.32 Å². The number of hydrogen-bond donors (Lipinski definition) is 1. The number of aromatic nitrogens is 3. The summed E-state index contributed by atoms with van der Waals surface area (Å²) >= 11 is 0. The molecule has 0 aliphatic carbocycles. The van der Waals surface area contributed by atoms with Crippen LogP contribution in [-0.2, 0) is 0 Å². The van der Waals surface area contributed by atoms with E-state index in [9.17, 15) is 25.0 Å². The van der Waals surface area contributed by atoms with Gasteiger partial charge in [0.2, 0.25) is 0 Å². The molecular weight excluding hydrogens is 392 g/mol. The normalized spacial score (nSPS) is 10.7. The zero-order valence-electron chi connectivity index (χ0n) is 15.1. The number of anilines is 2. The molecular formula is C19H12N6O5. The molecule has 0 unspecified atom stereocenters. The Morgan fingerprint density at radius 1 is 0.900 bits per heavy atom. The van der Waals surface area contributed by atoms with E-state index in [4.69, 9.17) is 0 Å². The highest BCUT2D eigenvalue weighted by molar-refractivity contribution is 6.02. The number of rotatable bonds is 5. The van der Waals surface area contributed by atoms with Gasteiger partial charge in [0.25, 0.3) is 5.91 Å². The van der Waals surface area contributed by atoms with Crippen LogP contribution in [0.2, 0.25) is 0 Å². The van der Waals surface area contributed by atoms with E-state index < -0.39 is 27.1 Å². The van der Waals surface area contributed by atoms with Crippen molar-refractivity contribution < 1.29 is 14.6 Å². The van der Waals surface area contributed by atoms with Crippen LogP contribution in [0.5, 0.6) is 0 Å². The zero-order chi connectivity index (χ0) is 21.3. The number of para-hydroxylation sites is 2. The van der Waals surface area contributed by atoms with Gasteiger partial charge in [-0.25, -0.2) is 0 Å². The van der Waals surface area contributed by atoms with E-state index in [0.29, 0.717) is 16.7 Å². The number of carbonyl (C=O) groups excluding carboxylic acids is 1. The fraction of sp³-hybridized carbons (Fsp3) is 0. The molecule has 30 heavy (non-hydrogen) atoms. The molecule has 0 bridgehead atoms. The summed E-state index contributed by atoms with van der Waals surface area (Å²) in [5.41, 5.74) is -0.568. The number of hydrogen-bond acceptors (Lipinski definition) is 8. The van der Waals surface area contributed by atoms with Crippen molar-refractivity contribution in [2.45, 2.75) is 0 Å². The third kappa shape index (κ3) is 3.30. The number of nitro groups is 2. The maximum atomic E-state index is 12.9. The van der Waals surface area contributed by atoms with Gasteiger partial charge in [0.1, 0.15) is 5.52 Å². The van der Waals surface area contributed by atoms with Gasteiger partial charge in [0.15, 0.2) is 5.69 Å². The van der Waals surface area contributed by atoms with Crippen LogP contribution in [-0.4, -0.2) is 30.7 Å². The Kier molecular flexibility index (Phi) is 4.60. The standard InChI is InChI=1S/C19H12N6O5/c26-19(23-15-9-5-4-8-14(15)21-22-23)12-10-16(24(27)28)18(17(11-12)25(29)30)20-13-6-2-1-3-7-13/h1-11,20H. The molecule has 1 aromatic heterocycles. The van der Waals surface area contributed by atoms with Crippen LogP contribution in [0.25, 0.3) is 11.0 Å². The minimum Gasteiger partial charge on any atom is -0.344 e. The van der Waals surface area contributed by atoms with Crippen molar-refractivity contribution in [2.24, 2.45) is 0 Å². The fourth-order valence-electron chi connectivity index (χ4n) is 2.96. The second kappa shape index (κ2) is 7.39. The maximum absolute atomic E-state index is 12.9. The van der Waals surface area contributed by atoms with Crippen molar-refractivity contribution in [1.82, 2.24) is 15.0 Å². The Morgan fingerprint density at radius 2 is 1.50 bits per heavy atom. The molecule has 1 heterocycles. The lowest BCUT2D eigenvalue weighted by atomic mass is 10.1. The molecule has 0 radical (unpaired) electrons. The molecule has 148 valence electrons. The Hall–Kier alpha value is -4.67. The average Bonchev–Trinajstić information content (AvgIpc) is 3.18. The van der Waals surface area contributed by atoms with E-state index in [1.807, 2.05) is 0 Å². The summed E-state index contributed by atoms with van der Waals surface area (Å²) in [6.45, 7) is 0. The van der Waals surface area contributed by atoms with Gasteiger partial charge in [0.05, 0.1) is 20.9 Å². The average molecular weight is 404 g/mol. The number of nitro benzene ring substituents is 2. The summed E-state index contributed by atoms with van der Waals surface area (Å²) < 4.78 is 0.947. The zero-order valence-corrected chi connectivity index (χ0v) is 15.1. The molecule has 0 amide bonds. The lowest BCUT2D eigenvalue weighted by Gasteiger charge is -2.09. The van der Waals surface area contributed by atoms with Crippen molar-refractivity contribution in [1.29, 1.82) is 0 Å². The molecule has 0 atom stereocenters. The summed E-state index contributed by atoms with van der Waals surface area (Å²) in [5, 5.41) is 33.7. The second-order valence-electron chi connectivity index (χ2n) is 6.19. The number of benzene rings is 3. The summed E-state index contributed by atoms with van der Waals surface area (Å²) in [5.74, 6) is -0.777. The lowest BCUT2D eigenvalue weighted by molar-refractivity contribution is -0.392. The highest BCUT2D eigenvalue weighted by Gasteiger charge is 2.30. The van der Waals surface area contributed by atoms with Crippen LogP contribution in [0.3, 0.4) is 0 Å². The maximum Gasteiger partial charge on any atom is 0.300 e. The van der Waals surface area contributed by atoms with Crippen molar-refractivity contribution >= 4 is 39.7 Å². The molecule has 11 heteroatoms. The molecule has 0 aliphatic heterocycles. The Bertz CT molecular complexity index is 1270. The lowest BCUT2D eigenvalue weighted by Crippen LogP contribution is -2.15. The highest BCUT2D eigenvalue weighted by atomic mass is 16.6. The Morgan fingerprint density at radius 3 is 2.13 bits per heavy atom. The minimum absolute atomic E-state index is 0.261. The van der Waals surface area contributed by atoms with Gasteiger partial charge in [-0.05, 0) is 24.3 Å². The highest BCUT2D eigenvalue weighted by Crippen LogP contribution is 2.38. The van der Waals surface area contributed by atoms with Crippen molar-refractivity contribution in [3.63, 3.8) is 0 Å². The third-order valence-electron chi connectivity index (χ3n) is 4.32. The van der Waals surface area contributed by atoms with Crippen LogP contribution in [0.4, 0.5) is 22.7 Å². The van der Waals surface area contributed by atoms with Gasteiger partial charge in [-0.2, -0.15) is 4.68 Å². The molecule has 4 rings (SSSR count). The number of nitrogens with one attached hydrogen (secondary N) is 1. The Balaban J connectivity index is 1.86. The molecule has 0 fully saturated rings. The number of nitrogens with zero attached hydrogens (tertiary/aromatic N) is 5. The SMILES string of the molecule is O=C(c1cc([N+](=O)[O-])c(Nc2ccccc2)c([N+](=O)[O-])c1)n1nnc2ccccc21. The molecule has 1 N–H and O–H groups in total. The van der Waals surface area contributed by atoms with E-state index in [0.717, 1.165) is 16.8 Å². The first kappa shape index (κ1) is 18.7. The van der Waals surface area contributed by atoms with Gasteiger partial charge < -0.3 is 5.32 Å². The summed E-state index contributed by atoms with van der Waals surface area (Å²) in [4.78, 5) is 34.7. The smallest absolute Gasteiger partial charge is 0.300 e. The quantitative estimate of drug-likeness (QED) is 0.391. The van der Waals surface area contributed by atoms with E-state index in [2.05, 4.69) is 15.6 Å². The van der Waals surface area contributed by atoms with Crippen LogP contribution >= 0.6 is 0 Å². The van der Waals surface area contributed by atoms with Gasteiger partial charge in [-0.3, -0.25) is 25.0 Å². The van der Waals surface area contributed by atoms with Crippen LogP contribution in [0, 0.1) is 20.2 Å². The predicted octanol–water partition coefficient (Wildman–Crippen LogP) is 3.68. The van der Waals surface area contributed by atoms with Crippen LogP contribution < -0.4 is 5.32 Å². The third-order valence-corrected chi connectivity index (χ3v) is 4.32. The van der Waals surface area contributed by atoms with E-state index in [1.54, 1.807) is 54.6 Å². The van der Waals surface area contributed by atoms with E-state index in [1.165, 1.54) is 0 Å². The predicted molar refractivity (Wildman–Crippen MR) is 107 cm³/mol. The fourth-order valence-corrected chi connectivity index (χ4v) is 2.96. The molecule has 0 saturated carbocycles. The molecule has 0 spiro atoms. The van der Waals surface area contributed by atoms with Gasteiger partial charge >= 0.3 is 11.4 Å². The van der Waals surface area contributed by atoms with Crippen LogP contribution in [0.15, 0.2) is 66.7 Å². The second-order valence-corrected chi connectivity index (χ2v) is 6.19. The first-order chi connectivity index (χ1) is 14.5. The van der Waals surface area contributed by atoms with Gasteiger partial charge in [-0.1, -0.05) is 35.5 Å². The van der Waals surface area contributed by atoms with Crippen molar-refractivity contribution in [3.05, 3.63) is 92.5 Å². The van der Waals surface area contributed by atoms with Gasteiger partial charge in [0, 0.05) is 17.8 Å². The summed E-state index contributed by atoms with van der Waals surface area (Å²) in [7, 11) is 0. The van der Waals surface area contributed by atoms with Gasteiger partial charge in [-0.15, -0.1) is 5.10 Å². The Labute approximate surface area is 167 Å². The van der Waals surface area contributed by atoms with E-state index >= 15 is 0 Å². The molecule has 0 saturated heterocycles. The minimum atomic E-state index is -0.783. The van der Waals surface area contributed by atoms with E-state index in [-0.39, 0.29) is 11.3 Å². The van der Waals surface area contributed by atoms with Crippen molar-refractivity contribution in [3.8, 4) is 0 Å². The van der Waals surface area contributed by atoms with Crippen LogP contribution in [0.1, 0.15) is 10.4 Å². The molecule has 0 aliphatic rings. The number of carbonyl (C=O) groups is 1. The summed E-state index contributed by atoms with van der Waals surface area (Å²) in [6, 6.07) is 16.9. The topological polar surface area (TPSA) is 146 Å². The molecule has 4 aromatic rings. The summed E-state index contributed by atoms with van der Waals surface area (Å²) in [6.07, 6.45) is 0. The first-order valence-corrected chi connectivity index (χ1v) is 8.60. The largest absolute Gasteiger partial charge is 0.344 e.